The molecule has 1 aromatic rings. The lowest BCUT2D eigenvalue weighted by Crippen LogP contribution is -2.00. The Morgan fingerprint density at radius 2 is 2.00 bits per heavy atom. The van der Waals surface area contributed by atoms with Crippen molar-refractivity contribution in [3.8, 4) is 0 Å². The first-order valence-electron chi connectivity index (χ1n) is 4.85. The normalized spacial score (nSPS) is 11.7. The van der Waals surface area contributed by atoms with Gasteiger partial charge in [0.05, 0.1) is 4.90 Å². The number of aliphatic hydroxyl groups is 1. The molecule has 0 heterocycles. The van der Waals surface area contributed by atoms with E-state index in [4.69, 9.17) is 5.11 Å². The Hall–Kier alpha value is -0.870. The maximum absolute atomic E-state index is 11.3. The van der Waals surface area contributed by atoms with Crippen LogP contribution in [-0.4, -0.2) is 26.4 Å². The molecule has 1 rings (SSSR count). The second-order valence-electron chi connectivity index (χ2n) is 3.69. The minimum Gasteiger partial charge on any atom is -0.396 e. The molecule has 0 unspecified atom stereocenters. The molecule has 0 fully saturated rings. The second kappa shape index (κ2) is 4.77. The number of aliphatic hydroxyl groups excluding tert-OH is 1. The zero-order valence-corrected chi connectivity index (χ0v) is 9.84. The lowest BCUT2D eigenvalue weighted by atomic mass is 10.0. The van der Waals surface area contributed by atoms with Gasteiger partial charge in [0, 0.05) is 12.9 Å². The van der Waals surface area contributed by atoms with Crippen LogP contribution in [0.3, 0.4) is 0 Å². The van der Waals surface area contributed by atoms with Gasteiger partial charge in [-0.05, 0) is 43.0 Å². The molecular weight excluding hydrogens is 212 g/mol. The van der Waals surface area contributed by atoms with Crippen LogP contribution in [0.1, 0.15) is 17.5 Å². The van der Waals surface area contributed by atoms with E-state index in [1.807, 2.05) is 13.0 Å². The van der Waals surface area contributed by atoms with Crippen LogP contribution < -0.4 is 0 Å². The van der Waals surface area contributed by atoms with Crippen molar-refractivity contribution >= 4 is 9.84 Å². The molecule has 0 bridgehead atoms. The summed E-state index contributed by atoms with van der Waals surface area (Å²) in [5.41, 5.74) is 2.06. The van der Waals surface area contributed by atoms with Crippen LogP contribution in [0.4, 0.5) is 0 Å². The fourth-order valence-corrected chi connectivity index (χ4v) is 2.16. The summed E-state index contributed by atoms with van der Waals surface area (Å²) in [5.74, 6) is 0. The topological polar surface area (TPSA) is 54.4 Å². The van der Waals surface area contributed by atoms with E-state index < -0.39 is 9.84 Å². The Morgan fingerprint density at radius 1 is 1.33 bits per heavy atom. The van der Waals surface area contributed by atoms with Crippen molar-refractivity contribution in [2.45, 2.75) is 24.7 Å². The Bertz CT molecular complexity index is 435. The van der Waals surface area contributed by atoms with Gasteiger partial charge in [-0.2, -0.15) is 0 Å². The Kier molecular flexibility index (Phi) is 3.88. The largest absolute Gasteiger partial charge is 0.396 e. The molecule has 0 saturated carbocycles. The summed E-state index contributed by atoms with van der Waals surface area (Å²) >= 11 is 0. The average molecular weight is 228 g/mol. The number of aryl methyl sites for hydroxylation is 2. The summed E-state index contributed by atoms with van der Waals surface area (Å²) in [4.78, 5) is 0.354. The first-order valence-corrected chi connectivity index (χ1v) is 6.74. The number of sulfone groups is 1. The lowest BCUT2D eigenvalue weighted by Gasteiger charge is -2.06. The van der Waals surface area contributed by atoms with Gasteiger partial charge in [-0.25, -0.2) is 8.42 Å². The molecule has 0 aliphatic rings. The molecule has 4 heteroatoms. The molecule has 15 heavy (non-hydrogen) atoms. The van der Waals surface area contributed by atoms with Crippen molar-refractivity contribution in [2.24, 2.45) is 0 Å². The minimum atomic E-state index is -3.11. The standard InChI is InChI=1S/C11H16O3S/c1-9-8-11(15(2,13)14)6-5-10(9)4-3-7-12/h5-6,8,12H,3-4,7H2,1-2H3. The third-order valence-corrected chi connectivity index (χ3v) is 3.46. The van der Waals surface area contributed by atoms with Crippen molar-refractivity contribution in [1.29, 1.82) is 0 Å². The van der Waals surface area contributed by atoms with Gasteiger partial charge in [0.2, 0.25) is 0 Å². The Balaban J connectivity index is 2.99. The number of rotatable bonds is 4. The van der Waals surface area contributed by atoms with Crippen LogP contribution in [0.25, 0.3) is 0 Å². The van der Waals surface area contributed by atoms with Crippen LogP contribution in [0.5, 0.6) is 0 Å². The van der Waals surface area contributed by atoms with Gasteiger partial charge < -0.3 is 5.11 Å². The molecule has 0 aliphatic carbocycles. The molecule has 0 atom stereocenters. The van der Waals surface area contributed by atoms with E-state index in [9.17, 15) is 8.42 Å². The van der Waals surface area contributed by atoms with Crippen molar-refractivity contribution in [3.63, 3.8) is 0 Å². The van der Waals surface area contributed by atoms with Gasteiger partial charge in [-0.15, -0.1) is 0 Å². The van der Waals surface area contributed by atoms with Crippen molar-refractivity contribution in [1.82, 2.24) is 0 Å². The maximum Gasteiger partial charge on any atom is 0.175 e. The number of benzene rings is 1. The molecule has 0 radical (unpaired) electrons. The van der Waals surface area contributed by atoms with Crippen LogP contribution in [0.2, 0.25) is 0 Å². The van der Waals surface area contributed by atoms with Gasteiger partial charge >= 0.3 is 0 Å². The van der Waals surface area contributed by atoms with Crippen molar-refractivity contribution < 1.29 is 13.5 Å². The zero-order chi connectivity index (χ0) is 11.5. The van der Waals surface area contributed by atoms with Crippen LogP contribution in [-0.2, 0) is 16.3 Å². The summed E-state index contributed by atoms with van der Waals surface area (Å²) in [6.45, 7) is 2.05. The second-order valence-corrected chi connectivity index (χ2v) is 5.70. The summed E-state index contributed by atoms with van der Waals surface area (Å²) < 4.78 is 22.5. The van der Waals surface area contributed by atoms with Gasteiger partial charge in [0.1, 0.15) is 0 Å². The maximum atomic E-state index is 11.3. The molecule has 0 aromatic heterocycles. The van der Waals surface area contributed by atoms with Gasteiger partial charge in [-0.1, -0.05) is 6.07 Å². The molecule has 0 saturated heterocycles. The fourth-order valence-electron chi connectivity index (χ4n) is 1.45. The fraction of sp³-hybridized carbons (Fsp3) is 0.455. The van der Waals surface area contributed by atoms with Gasteiger partial charge in [0.25, 0.3) is 0 Å². The van der Waals surface area contributed by atoms with Crippen LogP contribution in [0, 0.1) is 6.92 Å². The SMILES string of the molecule is Cc1cc(S(C)(=O)=O)ccc1CCCO. The minimum absolute atomic E-state index is 0.160. The smallest absolute Gasteiger partial charge is 0.175 e. The first-order chi connectivity index (χ1) is 6.95. The molecule has 0 amide bonds. The molecule has 0 aliphatic heterocycles. The molecule has 84 valence electrons. The van der Waals surface area contributed by atoms with Crippen molar-refractivity contribution in [2.75, 3.05) is 12.9 Å². The first kappa shape index (κ1) is 12.2. The van der Waals surface area contributed by atoms with Crippen LogP contribution >= 0.6 is 0 Å². The van der Waals surface area contributed by atoms with E-state index in [0.29, 0.717) is 11.3 Å². The van der Waals surface area contributed by atoms with E-state index in [1.165, 1.54) is 6.26 Å². The van der Waals surface area contributed by atoms with Gasteiger partial charge in [0.15, 0.2) is 9.84 Å². The Labute approximate surface area is 90.7 Å². The molecule has 1 aromatic carbocycles. The monoisotopic (exact) mass is 228 g/mol. The van der Waals surface area contributed by atoms with E-state index in [1.54, 1.807) is 12.1 Å². The number of hydrogen-bond acceptors (Lipinski definition) is 3. The highest BCUT2D eigenvalue weighted by atomic mass is 32.2. The average Bonchev–Trinajstić information content (AvgIpc) is 2.14. The van der Waals surface area contributed by atoms with E-state index >= 15 is 0 Å². The third-order valence-electron chi connectivity index (χ3n) is 2.35. The predicted molar refractivity (Wildman–Crippen MR) is 59.7 cm³/mol. The predicted octanol–water partition coefficient (Wildman–Crippen LogP) is 1.32. The number of hydrogen-bond donors (Lipinski definition) is 1. The van der Waals surface area contributed by atoms with E-state index in [0.717, 1.165) is 17.5 Å². The van der Waals surface area contributed by atoms with E-state index in [-0.39, 0.29) is 6.61 Å². The zero-order valence-electron chi connectivity index (χ0n) is 9.03. The molecular formula is C11H16O3S. The molecule has 1 N–H and O–H groups in total. The Morgan fingerprint density at radius 3 is 2.47 bits per heavy atom. The highest BCUT2D eigenvalue weighted by molar-refractivity contribution is 7.90. The van der Waals surface area contributed by atoms with Crippen molar-refractivity contribution in [3.05, 3.63) is 29.3 Å². The molecule has 0 spiro atoms. The third kappa shape index (κ3) is 3.32. The van der Waals surface area contributed by atoms with Crippen LogP contribution in [0.15, 0.2) is 23.1 Å². The summed E-state index contributed by atoms with van der Waals surface area (Å²) in [6.07, 6.45) is 2.70. The van der Waals surface area contributed by atoms with Gasteiger partial charge in [-0.3, -0.25) is 0 Å². The highest BCUT2D eigenvalue weighted by Crippen LogP contribution is 2.16. The molecule has 3 nitrogen and oxygen atoms in total. The quantitative estimate of drug-likeness (QED) is 0.845. The van der Waals surface area contributed by atoms with E-state index in [2.05, 4.69) is 0 Å². The lowest BCUT2D eigenvalue weighted by molar-refractivity contribution is 0.288. The summed E-state index contributed by atoms with van der Waals surface area (Å²) in [7, 11) is -3.11. The summed E-state index contributed by atoms with van der Waals surface area (Å²) in [5, 5.41) is 8.71. The highest BCUT2D eigenvalue weighted by Gasteiger charge is 2.08. The summed E-state index contributed by atoms with van der Waals surface area (Å²) in [6, 6.07) is 5.12.